The summed E-state index contributed by atoms with van der Waals surface area (Å²) in [6.07, 6.45) is 2.07. The summed E-state index contributed by atoms with van der Waals surface area (Å²) in [6, 6.07) is 15.5. The number of anilines is 1. The van der Waals surface area contributed by atoms with Crippen molar-refractivity contribution < 1.29 is 9.59 Å². The van der Waals surface area contributed by atoms with Crippen LogP contribution in [0, 0.1) is 12.8 Å². The van der Waals surface area contributed by atoms with Crippen molar-refractivity contribution in [2.24, 2.45) is 5.92 Å². The average Bonchev–Trinajstić information content (AvgIpc) is 3.31. The van der Waals surface area contributed by atoms with Gasteiger partial charge in [-0.2, -0.15) is 0 Å². The fraction of sp³-hybridized carbons (Fsp3) is 0.333. The summed E-state index contributed by atoms with van der Waals surface area (Å²) in [7, 11) is 0. The Morgan fingerprint density at radius 2 is 1.76 bits per heavy atom. The van der Waals surface area contributed by atoms with E-state index in [4.69, 9.17) is 11.6 Å². The number of aromatic nitrogens is 2. The van der Waals surface area contributed by atoms with Gasteiger partial charge in [-0.1, -0.05) is 58.8 Å². The van der Waals surface area contributed by atoms with Crippen LogP contribution in [0.3, 0.4) is 0 Å². The van der Waals surface area contributed by atoms with Gasteiger partial charge in [-0.3, -0.25) is 14.5 Å². The van der Waals surface area contributed by atoms with E-state index in [1.807, 2.05) is 0 Å². The topological polar surface area (TPSA) is 87.2 Å². The lowest BCUT2D eigenvalue weighted by atomic mass is 9.96. The molecule has 1 aliphatic rings. The van der Waals surface area contributed by atoms with Crippen LogP contribution in [0.15, 0.2) is 48.5 Å². The van der Waals surface area contributed by atoms with Crippen molar-refractivity contribution in [3.05, 3.63) is 74.7 Å². The number of hydrogen-bond donors (Lipinski definition) is 2. The minimum absolute atomic E-state index is 0.129. The van der Waals surface area contributed by atoms with Crippen LogP contribution >= 0.6 is 22.9 Å². The second kappa shape index (κ2) is 10.9. The molecule has 1 aromatic heterocycles. The number of nitrogens with one attached hydrogen (secondary N) is 2. The van der Waals surface area contributed by atoms with Gasteiger partial charge in [-0.05, 0) is 62.5 Å². The number of aryl methyl sites for hydroxylation is 1. The Kier molecular flexibility index (Phi) is 7.69. The van der Waals surface area contributed by atoms with Crippen LogP contribution in [-0.4, -0.2) is 46.5 Å². The first-order chi connectivity index (χ1) is 16.0. The Morgan fingerprint density at radius 1 is 1.06 bits per heavy atom. The first-order valence-corrected chi connectivity index (χ1v) is 12.1. The quantitative estimate of drug-likeness (QED) is 0.520. The molecule has 4 rings (SSSR count). The summed E-state index contributed by atoms with van der Waals surface area (Å²) in [6.45, 7) is 5.69. The van der Waals surface area contributed by atoms with Crippen molar-refractivity contribution in [2.45, 2.75) is 26.3 Å². The van der Waals surface area contributed by atoms with E-state index < -0.39 is 5.91 Å². The fourth-order valence-electron chi connectivity index (χ4n) is 3.77. The second-order valence-corrected chi connectivity index (χ2v) is 9.71. The molecule has 3 aromatic rings. The van der Waals surface area contributed by atoms with E-state index in [0.717, 1.165) is 43.8 Å². The summed E-state index contributed by atoms with van der Waals surface area (Å²) >= 11 is 6.91. The Balaban J connectivity index is 1.21. The minimum Gasteiger partial charge on any atom is -0.350 e. The number of nitrogens with zero attached hydrogens (tertiary/aromatic N) is 3. The van der Waals surface area contributed by atoms with Crippen LogP contribution in [0.5, 0.6) is 0 Å². The van der Waals surface area contributed by atoms with Crippen LogP contribution in [-0.2, 0) is 6.54 Å². The normalized spacial score (nSPS) is 14.7. The molecule has 33 heavy (non-hydrogen) atoms. The Hall–Kier alpha value is -2.81. The zero-order valence-corrected chi connectivity index (χ0v) is 20.0. The van der Waals surface area contributed by atoms with Gasteiger partial charge in [0.1, 0.15) is 0 Å². The van der Waals surface area contributed by atoms with Crippen molar-refractivity contribution in [3.63, 3.8) is 0 Å². The van der Waals surface area contributed by atoms with Crippen LogP contribution < -0.4 is 10.6 Å². The molecule has 1 fully saturated rings. The Labute approximate surface area is 202 Å². The largest absolute Gasteiger partial charge is 0.350 e. The number of carbonyl (C=O) groups excluding carboxylic acids is 2. The molecular formula is C24H26ClN5O2S. The van der Waals surface area contributed by atoms with Gasteiger partial charge in [-0.25, -0.2) is 0 Å². The maximum absolute atomic E-state index is 12.5. The Morgan fingerprint density at radius 3 is 2.45 bits per heavy atom. The molecule has 0 unspecified atom stereocenters. The average molecular weight is 484 g/mol. The van der Waals surface area contributed by atoms with Crippen molar-refractivity contribution >= 4 is 40.4 Å². The van der Waals surface area contributed by atoms with Gasteiger partial charge in [0.05, 0.1) is 0 Å². The highest BCUT2D eigenvalue weighted by Crippen LogP contribution is 2.20. The molecule has 2 heterocycles. The SMILES string of the molecule is Cc1ccc(CN2CCC(CNC(=O)c3nnc(C(=O)Nc4cccc(Cl)c4)s3)CC2)cc1. The van der Waals surface area contributed by atoms with Crippen molar-refractivity contribution in [2.75, 3.05) is 25.0 Å². The van der Waals surface area contributed by atoms with Crippen molar-refractivity contribution in [1.82, 2.24) is 20.4 Å². The molecule has 0 spiro atoms. The monoisotopic (exact) mass is 483 g/mol. The summed E-state index contributed by atoms with van der Waals surface area (Å²) in [5.41, 5.74) is 3.17. The number of carbonyl (C=O) groups is 2. The first-order valence-electron chi connectivity index (χ1n) is 10.9. The molecule has 0 saturated carbocycles. The summed E-state index contributed by atoms with van der Waals surface area (Å²) in [5.74, 6) is -0.284. The molecule has 1 saturated heterocycles. The highest BCUT2D eigenvalue weighted by molar-refractivity contribution is 7.15. The molecule has 2 N–H and O–H groups in total. The Bertz CT molecular complexity index is 1110. The first kappa shape index (κ1) is 23.4. The van der Waals surface area contributed by atoms with E-state index in [1.165, 1.54) is 11.1 Å². The lowest BCUT2D eigenvalue weighted by molar-refractivity contribution is 0.0933. The van der Waals surface area contributed by atoms with Crippen LogP contribution in [0.1, 0.15) is 43.6 Å². The zero-order chi connectivity index (χ0) is 23.2. The second-order valence-electron chi connectivity index (χ2n) is 8.29. The van der Waals surface area contributed by atoms with E-state index in [-0.39, 0.29) is 15.9 Å². The van der Waals surface area contributed by atoms with Gasteiger partial charge >= 0.3 is 0 Å². The summed E-state index contributed by atoms with van der Waals surface area (Å²) < 4.78 is 0. The highest BCUT2D eigenvalue weighted by Gasteiger charge is 2.22. The van der Waals surface area contributed by atoms with Gasteiger partial charge in [-0.15, -0.1) is 10.2 Å². The van der Waals surface area contributed by atoms with E-state index in [2.05, 4.69) is 56.9 Å². The third kappa shape index (κ3) is 6.60. The van der Waals surface area contributed by atoms with Gasteiger partial charge in [0.25, 0.3) is 11.8 Å². The third-order valence-electron chi connectivity index (χ3n) is 5.68. The number of amides is 2. The number of benzene rings is 2. The van der Waals surface area contributed by atoms with E-state index >= 15 is 0 Å². The number of likely N-dealkylation sites (tertiary alicyclic amines) is 1. The van der Waals surface area contributed by atoms with Gasteiger partial charge in [0, 0.05) is 23.8 Å². The van der Waals surface area contributed by atoms with Gasteiger partial charge in [0.15, 0.2) is 0 Å². The van der Waals surface area contributed by atoms with Gasteiger partial charge in [0.2, 0.25) is 10.0 Å². The van der Waals surface area contributed by atoms with E-state index in [9.17, 15) is 9.59 Å². The highest BCUT2D eigenvalue weighted by atomic mass is 35.5. The predicted molar refractivity (Wildman–Crippen MR) is 131 cm³/mol. The maximum Gasteiger partial charge on any atom is 0.286 e. The molecule has 172 valence electrons. The molecular weight excluding hydrogens is 458 g/mol. The predicted octanol–water partition coefficient (Wildman–Crippen LogP) is 4.39. The molecule has 0 atom stereocenters. The van der Waals surface area contributed by atoms with Crippen LogP contribution in [0.2, 0.25) is 5.02 Å². The minimum atomic E-state index is -0.422. The fourth-order valence-corrected chi connectivity index (χ4v) is 4.62. The third-order valence-corrected chi connectivity index (χ3v) is 6.84. The summed E-state index contributed by atoms with van der Waals surface area (Å²) in [5, 5.41) is 14.2. The molecule has 0 radical (unpaired) electrons. The molecule has 0 aliphatic carbocycles. The maximum atomic E-state index is 12.5. The molecule has 9 heteroatoms. The zero-order valence-electron chi connectivity index (χ0n) is 18.4. The van der Waals surface area contributed by atoms with Crippen LogP contribution in [0.4, 0.5) is 5.69 Å². The van der Waals surface area contributed by atoms with Gasteiger partial charge < -0.3 is 10.6 Å². The standard InChI is InChI=1S/C24H26ClN5O2S/c1-16-5-7-18(8-6-16)15-30-11-9-17(10-12-30)14-26-21(31)23-28-29-24(33-23)22(32)27-20-4-2-3-19(25)13-20/h2-8,13,17H,9-12,14-15H2,1H3,(H,26,31)(H,27,32). The van der Waals surface area contributed by atoms with Crippen molar-refractivity contribution in [1.29, 1.82) is 0 Å². The van der Waals surface area contributed by atoms with Crippen molar-refractivity contribution in [3.8, 4) is 0 Å². The molecule has 2 aromatic carbocycles. The number of hydrogen-bond acceptors (Lipinski definition) is 6. The summed E-state index contributed by atoms with van der Waals surface area (Å²) in [4.78, 5) is 27.3. The molecule has 2 amide bonds. The van der Waals surface area contributed by atoms with E-state index in [1.54, 1.807) is 24.3 Å². The lowest BCUT2D eigenvalue weighted by Crippen LogP contribution is -2.38. The number of piperidine rings is 1. The molecule has 7 nitrogen and oxygen atoms in total. The lowest BCUT2D eigenvalue weighted by Gasteiger charge is -2.32. The van der Waals surface area contributed by atoms with Crippen LogP contribution in [0.25, 0.3) is 0 Å². The number of rotatable bonds is 7. The molecule has 1 aliphatic heterocycles. The molecule has 0 bridgehead atoms. The number of halogens is 1. The van der Waals surface area contributed by atoms with E-state index in [0.29, 0.717) is 23.2 Å². The smallest absolute Gasteiger partial charge is 0.286 e.